The Kier molecular flexibility index (Phi) is 5.10. The Morgan fingerprint density at radius 3 is 2.67 bits per heavy atom. The van der Waals surface area contributed by atoms with Crippen LogP contribution in [0.1, 0.15) is 24.8 Å². The number of benzene rings is 1. The number of non-ortho nitro benzene ring substituents is 1. The Labute approximate surface area is 122 Å². The van der Waals surface area contributed by atoms with Crippen LogP contribution in [0.5, 0.6) is 5.75 Å². The van der Waals surface area contributed by atoms with Crippen molar-refractivity contribution in [1.29, 1.82) is 0 Å². The summed E-state index contributed by atoms with van der Waals surface area (Å²) in [6, 6.07) is 3.95. The first-order chi connectivity index (χ1) is 10.1. The number of rotatable bonds is 5. The Morgan fingerprint density at radius 1 is 1.33 bits per heavy atom. The number of nitro benzene ring substituents is 1. The van der Waals surface area contributed by atoms with Crippen molar-refractivity contribution < 1.29 is 19.6 Å². The van der Waals surface area contributed by atoms with E-state index in [1.165, 1.54) is 18.2 Å². The summed E-state index contributed by atoms with van der Waals surface area (Å²) < 4.78 is 5.40. The summed E-state index contributed by atoms with van der Waals surface area (Å²) in [5.41, 5.74) is 0.185. The van der Waals surface area contributed by atoms with E-state index in [-0.39, 0.29) is 24.8 Å². The van der Waals surface area contributed by atoms with Gasteiger partial charge in [-0.1, -0.05) is 0 Å². The molecule has 0 bridgehead atoms. The molecule has 1 amide bonds. The Morgan fingerprint density at radius 2 is 2.05 bits per heavy atom. The van der Waals surface area contributed by atoms with Crippen LogP contribution in [-0.4, -0.2) is 40.5 Å². The van der Waals surface area contributed by atoms with E-state index in [0.717, 1.165) is 32.4 Å². The minimum Gasteiger partial charge on any atom is -0.483 e. The number of amides is 1. The van der Waals surface area contributed by atoms with Gasteiger partial charge in [0.15, 0.2) is 6.61 Å². The minimum absolute atomic E-state index is 0.100. The van der Waals surface area contributed by atoms with E-state index in [9.17, 15) is 20.0 Å². The zero-order valence-corrected chi connectivity index (χ0v) is 11.7. The van der Waals surface area contributed by atoms with Crippen molar-refractivity contribution in [3.63, 3.8) is 0 Å². The van der Waals surface area contributed by atoms with Gasteiger partial charge >= 0.3 is 0 Å². The van der Waals surface area contributed by atoms with E-state index in [4.69, 9.17) is 4.74 Å². The first-order valence-corrected chi connectivity index (χ1v) is 6.90. The van der Waals surface area contributed by atoms with Crippen molar-refractivity contribution in [2.24, 2.45) is 0 Å². The highest BCUT2D eigenvalue weighted by Crippen LogP contribution is 2.24. The molecule has 1 aliphatic heterocycles. The molecule has 0 aliphatic carbocycles. The second kappa shape index (κ2) is 7.03. The van der Waals surface area contributed by atoms with Crippen LogP contribution in [0.15, 0.2) is 18.2 Å². The number of nitro groups is 1. The number of hydrogen-bond acceptors (Lipinski definition) is 5. The van der Waals surface area contributed by atoms with Gasteiger partial charge in [-0.2, -0.15) is 0 Å². The third-order valence-electron chi connectivity index (χ3n) is 3.49. The fourth-order valence-electron chi connectivity index (χ4n) is 2.32. The lowest BCUT2D eigenvalue weighted by Crippen LogP contribution is -2.38. The molecule has 0 saturated carbocycles. The number of ether oxygens (including phenoxy) is 1. The van der Waals surface area contributed by atoms with Crippen molar-refractivity contribution in [2.45, 2.75) is 25.9 Å². The number of hydrogen-bond donors (Lipinski definition) is 1. The molecule has 0 aromatic heterocycles. The Hall–Kier alpha value is -2.15. The van der Waals surface area contributed by atoms with Crippen LogP contribution in [0.3, 0.4) is 0 Å². The van der Waals surface area contributed by atoms with Gasteiger partial charge in [0.1, 0.15) is 5.75 Å². The van der Waals surface area contributed by atoms with E-state index in [1.54, 1.807) is 4.90 Å². The summed E-state index contributed by atoms with van der Waals surface area (Å²) >= 11 is 0. The van der Waals surface area contributed by atoms with Crippen LogP contribution >= 0.6 is 0 Å². The van der Waals surface area contributed by atoms with Gasteiger partial charge in [0.05, 0.1) is 11.5 Å². The number of carbonyl (C=O) groups is 1. The molecule has 1 aromatic rings. The van der Waals surface area contributed by atoms with Gasteiger partial charge in [0.25, 0.3) is 11.6 Å². The standard InChI is InChI=1S/C14H18N2O5/c17-9-11-8-12(16(19)20)4-5-13(11)21-10-14(18)15-6-2-1-3-7-15/h4-5,8,17H,1-3,6-7,9-10H2. The Bertz CT molecular complexity index is 526. The number of carbonyl (C=O) groups excluding carboxylic acids is 1. The second-order valence-corrected chi connectivity index (χ2v) is 4.94. The molecule has 114 valence electrons. The fraction of sp³-hybridized carbons (Fsp3) is 0.500. The zero-order chi connectivity index (χ0) is 15.2. The van der Waals surface area contributed by atoms with Crippen LogP contribution < -0.4 is 4.74 Å². The SMILES string of the molecule is O=C(COc1ccc([N+](=O)[O-])cc1CO)N1CCCCC1. The molecular formula is C14H18N2O5. The molecule has 1 heterocycles. The maximum absolute atomic E-state index is 12.0. The molecule has 0 radical (unpaired) electrons. The molecule has 1 saturated heterocycles. The highest BCUT2D eigenvalue weighted by molar-refractivity contribution is 5.77. The van der Waals surface area contributed by atoms with E-state index >= 15 is 0 Å². The predicted molar refractivity (Wildman–Crippen MR) is 74.9 cm³/mol. The lowest BCUT2D eigenvalue weighted by molar-refractivity contribution is -0.385. The van der Waals surface area contributed by atoms with Crippen LogP contribution in [-0.2, 0) is 11.4 Å². The van der Waals surface area contributed by atoms with Gasteiger partial charge in [-0.25, -0.2) is 0 Å². The van der Waals surface area contributed by atoms with Gasteiger partial charge in [0, 0.05) is 30.8 Å². The lowest BCUT2D eigenvalue weighted by Gasteiger charge is -2.26. The monoisotopic (exact) mass is 294 g/mol. The van der Waals surface area contributed by atoms with Crippen molar-refractivity contribution in [3.05, 3.63) is 33.9 Å². The zero-order valence-electron chi connectivity index (χ0n) is 11.7. The molecule has 1 aliphatic rings. The maximum Gasteiger partial charge on any atom is 0.270 e. The molecule has 1 aromatic carbocycles. The number of likely N-dealkylation sites (tertiary alicyclic amines) is 1. The third-order valence-corrected chi connectivity index (χ3v) is 3.49. The predicted octanol–water partition coefficient (Wildman–Crippen LogP) is 1.48. The molecule has 7 heteroatoms. The smallest absolute Gasteiger partial charge is 0.270 e. The van der Waals surface area contributed by atoms with Crippen molar-refractivity contribution >= 4 is 11.6 Å². The highest BCUT2D eigenvalue weighted by atomic mass is 16.6. The summed E-state index contributed by atoms with van der Waals surface area (Å²) in [5.74, 6) is 0.199. The normalized spacial score (nSPS) is 14.8. The van der Waals surface area contributed by atoms with Gasteiger partial charge in [-0.15, -0.1) is 0 Å². The topological polar surface area (TPSA) is 92.9 Å². The first kappa shape index (κ1) is 15.2. The number of aliphatic hydroxyl groups is 1. The average molecular weight is 294 g/mol. The van der Waals surface area contributed by atoms with E-state index in [0.29, 0.717) is 11.3 Å². The van der Waals surface area contributed by atoms with Gasteiger partial charge in [-0.3, -0.25) is 14.9 Å². The van der Waals surface area contributed by atoms with E-state index < -0.39 is 4.92 Å². The summed E-state index contributed by atoms with van der Waals surface area (Å²) in [6.07, 6.45) is 3.15. The summed E-state index contributed by atoms with van der Waals surface area (Å²) in [4.78, 5) is 23.9. The summed E-state index contributed by atoms with van der Waals surface area (Å²) in [6.45, 7) is 0.990. The van der Waals surface area contributed by atoms with Crippen LogP contribution in [0.25, 0.3) is 0 Å². The van der Waals surface area contributed by atoms with Gasteiger partial charge in [-0.05, 0) is 25.3 Å². The van der Waals surface area contributed by atoms with E-state index in [1.807, 2.05) is 0 Å². The largest absolute Gasteiger partial charge is 0.483 e. The van der Waals surface area contributed by atoms with Crippen molar-refractivity contribution in [2.75, 3.05) is 19.7 Å². The quantitative estimate of drug-likeness (QED) is 0.656. The molecule has 0 atom stereocenters. The van der Waals surface area contributed by atoms with Crippen LogP contribution in [0.4, 0.5) is 5.69 Å². The third kappa shape index (κ3) is 3.91. The van der Waals surface area contributed by atoms with Gasteiger partial charge < -0.3 is 14.7 Å². The number of aliphatic hydroxyl groups excluding tert-OH is 1. The molecule has 21 heavy (non-hydrogen) atoms. The number of piperidine rings is 1. The Balaban J connectivity index is 1.98. The van der Waals surface area contributed by atoms with Gasteiger partial charge in [0.2, 0.25) is 0 Å². The number of nitrogens with zero attached hydrogens (tertiary/aromatic N) is 2. The minimum atomic E-state index is -0.540. The molecule has 0 unspecified atom stereocenters. The first-order valence-electron chi connectivity index (χ1n) is 6.90. The summed E-state index contributed by atoms with van der Waals surface area (Å²) in [7, 11) is 0. The highest BCUT2D eigenvalue weighted by Gasteiger charge is 2.18. The maximum atomic E-state index is 12.0. The molecule has 1 N–H and O–H groups in total. The van der Waals surface area contributed by atoms with E-state index in [2.05, 4.69) is 0 Å². The molecule has 1 fully saturated rings. The van der Waals surface area contributed by atoms with Crippen molar-refractivity contribution in [1.82, 2.24) is 4.90 Å². The lowest BCUT2D eigenvalue weighted by atomic mass is 10.1. The molecule has 2 rings (SSSR count). The van der Waals surface area contributed by atoms with Crippen LogP contribution in [0, 0.1) is 10.1 Å². The second-order valence-electron chi connectivity index (χ2n) is 4.94. The average Bonchev–Trinajstić information content (AvgIpc) is 2.53. The van der Waals surface area contributed by atoms with Crippen molar-refractivity contribution in [3.8, 4) is 5.75 Å². The molecular weight excluding hydrogens is 276 g/mol. The molecule has 7 nitrogen and oxygen atoms in total. The molecule has 0 spiro atoms. The fourth-order valence-corrected chi connectivity index (χ4v) is 2.32. The van der Waals surface area contributed by atoms with Crippen LogP contribution in [0.2, 0.25) is 0 Å². The summed E-state index contributed by atoms with van der Waals surface area (Å²) in [5, 5.41) is 19.9.